The van der Waals surface area contributed by atoms with Gasteiger partial charge in [0.25, 0.3) is 0 Å². The van der Waals surface area contributed by atoms with Gasteiger partial charge in [0.15, 0.2) is 0 Å². The fourth-order valence-corrected chi connectivity index (χ4v) is 4.09. The van der Waals surface area contributed by atoms with E-state index in [2.05, 4.69) is 100 Å². The molecule has 4 heteroatoms. The van der Waals surface area contributed by atoms with Crippen molar-refractivity contribution < 1.29 is 0 Å². The van der Waals surface area contributed by atoms with Crippen LogP contribution in [0, 0.1) is 0 Å². The number of para-hydroxylation sites is 1. The SMILES string of the molecule is c1ccc(CN2N=NN(c3ccccc3)C2(c2ccccc2)c2ccccc2)cc1. The maximum Gasteiger partial charge on any atom is 0.205 e. The van der Waals surface area contributed by atoms with Crippen LogP contribution in [-0.2, 0) is 12.2 Å². The highest BCUT2D eigenvalue weighted by Gasteiger charge is 2.50. The van der Waals surface area contributed by atoms with Gasteiger partial charge >= 0.3 is 0 Å². The first-order valence-corrected chi connectivity index (χ1v) is 10.1. The first-order chi connectivity index (χ1) is 14.9. The molecule has 0 amide bonds. The summed E-state index contributed by atoms with van der Waals surface area (Å²) in [5, 5.41) is 13.5. The van der Waals surface area contributed by atoms with E-state index >= 15 is 0 Å². The molecule has 0 saturated heterocycles. The molecule has 30 heavy (non-hydrogen) atoms. The predicted octanol–water partition coefficient (Wildman–Crippen LogP) is 6.19. The lowest BCUT2D eigenvalue weighted by Gasteiger charge is -2.42. The molecule has 4 nitrogen and oxygen atoms in total. The summed E-state index contributed by atoms with van der Waals surface area (Å²) in [6.45, 7) is 0.636. The maximum absolute atomic E-state index is 4.68. The number of anilines is 1. The fraction of sp³-hybridized carbons (Fsp3) is 0.0769. The van der Waals surface area contributed by atoms with Gasteiger partial charge in [0.2, 0.25) is 5.66 Å². The summed E-state index contributed by atoms with van der Waals surface area (Å²) in [6, 6.07) is 41.6. The number of hydrogen-bond donors (Lipinski definition) is 0. The third-order valence-electron chi connectivity index (χ3n) is 5.45. The standard InChI is InChI=1S/C26H22N4/c1-5-13-22(14-6-1)21-29-26(23-15-7-2-8-16-23,24-17-9-3-10-18-24)30(28-27-29)25-19-11-4-12-20-25/h1-20H,21H2. The van der Waals surface area contributed by atoms with Crippen molar-refractivity contribution in [1.82, 2.24) is 5.01 Å². The van der Waals surface area contributed by atoms with Crippen molar-refractivity contribution >= 4 is 5.69 Å². The minimum absolute atomic E-state index is 0.636. The van der Waals surface area contributed by atoms with E-state index in [9.17, 15) is 0 Å². The van der Waals surface area contributed by atoms with Gasteiger partial charge in [-0.2, -0.15) is 0 Å². The van der Waals surface area contributed by atoms with E-state index in [0.29, 0.717) is 6.54 Å². The van der Waals surface area contributed by atoms with Crippen LogP contribution in [-0.4, -0.2) is 5.01 Å². The molecule has 0 N–H and O–H groups in total. The van der Waals surface area contributed by atoms with Crippen molar-refractivity contribution in [3.63, 3.8) is 0 Å². The van der Waals surface area contributed by atoms with E-state index < -0.39 is 5.66 Å². The second kappa shape index (κ2) is 7.84. The minimum Gasteiger partial charge on any atom is -0.237 e. The summed E-state index contributed by atoms with van der Waals surface area (Å²) in [5.41, 5.74) is 3.70. The molecular weight excluding hydrogens is 368 g/mol. The van der Waals surface area contributed by atoms with Gasteiger partial charge in [-0.05, 0) is 28.1 Å². The van der Waals surface area contributed by atoms with Crippen LogP contribution in [0.2, 0.25) is 0 Å². The Kier molecular flexibility index (Phi) is 4.74. The lowest BCUT2D eigenvalue weighted by atomic mass is 9.89. The predicted molar refractivity (Wildman–Crippen MR) is 119 cm³/mol. The summed E-state index contributed by atoms with van der Waals surface area (Å²) in [6.07, 6.45) is 0. The van der Waals surface area contributed by atoms with Crippen molar-refractivity contribution in [3.05, 3.63) is 138 Å². The molecule has 1 aliphatic rings. The minimum atomic E-state index is -0.695. The Morgan fingerprint density at radius 2 is 1.00 bits per heavy atom. The van der Waals surface area contributed by atoms with Crippen molar-refractivity contribution in [1.29, 1.82) is 0 Å². The number of benzene rings is 4. The van der Waals surface area contributed by atoms with Crippen molar-refractivity contribution in [2.75, 3.05) is 5.01 Å². The van der Waals surface area contributed by atoms with Crippen LogP contribution in [0.5, 0.6) is 0 Å². The number of hydrogen-bond acceptors (Lipinski definition) is 4. The van der Waals surface area contributed by atoms with Crippen molar-refractivity contribution in [3.8, 4) is 0 Å². The van der Waals surface area contributed by atoms with Crippen LogP contribution in [0.25, 0.3) is 0 Å². The highest BCUT2D eigenvalue weighted by molar-refractivity contribution is 5.55. The second-order valence-corrected chi connectivity index (χ2v) is 7.27. The number of rotatable bonds is 5. The van der Waals surface area contributed by atoms with Gasteiger partial charge in [-0.25, -0.2) is 10.0 Å². The molecule has 0 spiro atoms. The summed E-state index contributed by atoms with van der Waals surface area (Å²) >= 11 is 0. The summed E-state index contributed by atoms with van der Waals surface area (Å²) < 4.78 is 0. The molecule has 4 aromatic carbocycles. The van der Waals surface area contributed by atoms with Crippen LogP contribution < -0.4 is 5.01 Å². The molecule has 0 aliphatic carbocycles. The molecule has 1 heterocycles. The molecule has 0 unspecified atom stereocenters. The molecule has 5 rings (SSSR count). The van der Waals surface area contributed by atoms with E-state index in [0.717, 1.165) is 16.8 Å². The normalized spacial score (nSPS) is 14.8. The van der Waals surface area contributed by atoms with Gasteiger partial charge in [-0.15, -0.1) is 0 Å². The van der Waals surface area contributed by atoms with Gasteiger partial charge in [-0.3, -0.25) is 0 Å². The van der Waals surface area contributed by atoms with Crippen molar-refractivity contribution in [2.45, 2.75) is 12.2 Å². The average molecular weight is 390 g/mol. The van der Waals surface area contributed by atoms with Gasteiger partial charge in [0, 0.05) is 11.1 Å². The molecule has 0 bridgehead atoms. The molecule has 0 radical (unpaired) electrons. The monoisotopic (exact) mass is 390 g/mol. The molecule has 1 aliphatic heterocycles. The Hall–Kier alpha value is -3.92. The Balaban J connectivity index is 1.74. The summed E-state index contributed by atoms with van der Waals surface area (Å²) in [7, 11) is 0. The molecule has 0 saturated carbocycles. The highest BCUT2D eigenvalue weighted by atomic mass is 15.8. The zero-order valence-electron chi connectivity index (χ0n) is 16.5. The summed E-state index contributed by atoms with van der Waals surface area (Å²) in [4.78, 5) is 0. The first-order valence-electron chi connectivity index (χ1n) is 10.1. The maximum atomic E-state index is 4.68. The van der Waals surface area contributed by atoms with Crippen molar-refractivity contribution in [2.24, 2.45) is 10.4 Å². The van der Waals surface area contributed by atoms with Gasteiger partial charge in [0.1, 0.15) is 0 Å². The molecule has 0 fully saturated rings. The third-order valence-corrected chi connectivity index (χ3v) is 5.45. The smallest absolute Gasteiger partial charge is 0.205 e. The topological polar surface area (TPSA) is 31.2 Å². The van der Waals surface area contributed by atoms with E-state index in [1.807, 2.05) is 41.4 Å². The first kappa shape index (κ1) is 18.1. The fourth-order valence-electron chi connectivity index (χ4n) is 4.09. The van der Waals surface area contributed by atoms with E-state index in [1.165, 1.54) is 5.56 Å². The van der Waals surface area contributed by atoms with Gasteiger partial charge < -0.3 is 0 Å². The van der Waals surface area contributed by atoms with Gasteiger partial charge in [0.05, 0.1) is 12.2 Å². The van der Waals surface area contributed by atoms with Crippen LogP contribution >= 0.6 is 0 Å². The Morgan fingerprint density at radius 1 is 0.533 bits per heavy atom. The van der Waals surface area contributed by atoms with E-state index in [1.54, 1.807) is 0 Å². The molecule has 146 valence electrons. The highest BCUT2D eigenvalue weighted by Crippen LogP contribution is 2.46. The van der Waals surface area contributed by atoms with Crippen LogP contribution in [0.3, 0.4) is 0 Å². The quantitative estimate of drug-likeness (QED) is 0.407. The van der Waals surface area contributed by atoms with Crippen LogP contribution in [0.1, 0.15) is 16.7 Å². The zero-order valence-corrected chi connectivity index (χ0v) is 16.5. The van der Waals surface area contributed by atoms with Crippen LogP contribution in [0.4, 0.5) is 5.69 Å². The largest absolute Gasteiger partial charge is 0.237 e. The van der Waals surface area contributed by atoms with Crippen LogP contribution in [0.15, 0.2) is 132 Å². The molecule has 4 aromatic rings. The molecule has 0 atom stereocenters. The van der Waals surface area contributed by atoms with Gasteiger partial charge in [-0.1, -0.05) is 109 Å². The Morgan fingerprint density at radius 3 is 1.53 bits per heavy atom. The average Bonchev–Trinajstić information content (AvgIpc) is 3.21. The van der Waals surface area contributed by atoms with E-state index in [-0.39, 0.29) is 0 Å². The lowest BCUT2D eigenvalue weighted by molar-refractivity contribution is 0.147. The molecular formula is C26H22N4. The zero-order chi connectivity index (χ0) is 20.2. The Bertz CT molecular complexity index is 1070. The Labute approximate surface area is 176 Å². The third kappa shape index (κ3) is 3.03. The summed E-state index contributed by atoms with van der Waals surface area (Å²) in [5.74, 6) is 0. The second-order valence-electron chi connectivity index (χ2n) is 7.27. The molecule has 0 aromatic heterocycles. The lowest BCUT2D eigenvalue weighted by Crippen LogP contribution is -2.51. The number of nitrogens with zero attached hydrogens (tertiary/aromatic N) is 4. The van der Waals surface area contributed by atoms with E-state index in [4.69, 9.17) is 0 Å².